The van der Waals surface area contributed by atoms with Gasteiger partial charge in [-0.1, -0.05) is 18.2 Å². The number of aromatic nitrogens is 2. The number of rotatable bonds is 8. The lowest BCUT2D eigenvalue weighted by atomic mass is 10.2. The van der Waals surface area contributed by atoms with E-state index in [9.17, 15) is 29.6 Å². The highest BCUT2D eigenvalue weighted by molar-refractivity contribution is 5.92. The third-order valence-corrected chi connectivity index (χ3v) is 4.93. The Balaban J connectivity index is 0.00000385. The van der Waals surface area contributed by atoms with Crippen LogP contribution in [0.5, 0.6) is 0 Å². The average molecular weight is 478 g/mol. The van der Waals surface area contributed by atoms with E-state index in [-0.39, 0.29) is 43.4 Å². The van der Waals surface area contributed by atoms with E-state index in [1.54, 1.807) is 38.4 Å². The Morgan fingerprint density at radius 2 is 1.91 bits per heavy atom. The highest BCUT2D eigenvalue weighted by Crippen LogP contribution is 2.16. The molecule has 0 spiro atoms. The van der Waals surface area contributed by atoms with E-state index < -0.39 is 28.2 Å². The molecule has 3 rings (SSSR count). The van der Waals surface area contributed by atoms with Gasteiger partial charge in [-0.3, -0.25) is 33.7 Å². The maximum Gasteiger partial charge on any atom is 0.331 e. The van der Waals surface area contributed by atoms with Gasteiger partial charge >= 0.3 is 5.69 Å². The SMILES string of the molecule is CN(CC(=O)Nc1cccc([N+](=O)[O-])c1)CC(O)Cn1c(=O)c2ccccc2n(C)c1=O.Cl. The van der Waals surface area contributed by atoms with Gasteiger partial charge in [0.1, 0.15) is 0 Å². The number of nitro benzene ring substituents is 1. The number of amides is 1. The van der Waals surface area contributed by atoms with Crippen molar-refractivity contribution in [2.45, 2.75) is 12.6 Å². The molecule has 0 radical (unpaired) electrons. The average Bonchev–Trinajstić information content (AvgIpc) is 2.75. The Bertz CT molecular complexity index is 1290. The lowest BCUT2D eigenvalue weighted by Gasteiger charge is -2.21. The normalized spacial score (nSPS) is 11.8. The van der Waals surface area contributed by atoms with Crippen LogP contribution in [0.3, 0.4) is 0 Å². The highest BCUT2D eigenvalue weighted by Gasteiger charge is 2.17. The number of aryl methyl sites for hydroxylation is 1. The number of halogens is 1. The molecule has 11 nitrogen and oxygen atoms in total. The monoisotopic (exact) mass is 477 g/mol. The summed E-state index contributed by atoms with van der Waals surface area (Å²) in [7, 11) is 3.15. The zero-order chi connectivity index (χ0) is 23.4. The molecular weight excluding hydrogens is 454 g/mol. The third kappa shape index (κ3) is 6.04. The number of hydrogen-bond acceptors (Lipinski definition) is 7. The van der Waals surface area contributed by atoms with Crippen LogP contribution >= 0.6 is 12.4 Å². The van der Waals surface area contributed by atoms with Crippen LogP contribution in [0.2, 0.25) is 0 Å². The van der Waals surface area contributed by atoms with E-state index in [0.717, 1.165) is 4.57 Å². The number of hydrogen-bond donors (Lipinski definition) is 2. The van der Waals surface area contributed by atoms with Crippen molar-refractivity contribution in [1.82, 2.24) is 14.0 Å². The number of carbonyl (C=O) groups excluding carboxylic acids is 1. The van der Waals surface area contributed by atoms with Gasteiger partial charge in [-0.15, -0.1) is 12.4 Å². The zero-order valence-corrected chi connectivity index (χ0v) is 18.8. The number of aliphatic hydroxyl groups is 1. The number of nitro groups is 1. The molecule has 2 aromatic carbocycles. The molecule has 3 aromatic rings. The van der Waals surface area contributed by atoms with Crippen molar-refractivity contribution < 1.29 is 14.8 Å². The van der Waals surface area contributed by atoms with Gasteiger partial charge in [-0.05, 0) is 25.2 Å². The van der Waals surface area contributed by atoms with Crippen molar-refractivity contribution in [2.75, 3.05) is 25.5 Å². The predicted octanol–water partition coefficient (Wildman–Crippen LogP) is 0.962. The fourth-order valence-corrected chi connectivity index (χ4v) is 3.46. The summed E-state index contributed by atoms with van der Waals surface area (Å²) < 4.78 is 2.32. The highest BCUT2D eigenvalue weighted by atomic mass is 35.5. The number of likely N-dealkylation sites (N-methyl/N-ethyl adjacent to an activating group) is 1. The minimum absolute atomic E-state index is 0. The van der Waals surface area contributed by atoms with Gasteiger partial charge in [0.15, 0.2) is 0 Å². The summed E-state index contributed by atoms with van der Waals surface area (Å²) >= 11 is 0. The van der Waals surface area contributed by atoms with Crippen LogP contribution in [0.4, 0.5) is 11.4 Å². The van der Waals surface area contributed by atoms with Crippen LogP contribution in [0.25, 0.3) is 10.9 Å². The molecule has 0 bridgehead atoms. The number of nitrogens with zero attached hydrogens (tertiary/aromatic N) is 4. The minimum atomic E-state index is -1.09. The Kier molecular flexibility index (Phi) is 8.46. The number of nitrogens with one attached hydrogen (secondary N) is 1. The smallest absolute Gasteiger partial charge is 0.331 e. The van der Waals surface area contributed by atoms with E-state index in [1.165, 1.54) is 33.7 Å². The number of fused-ring (bicyclic) bond motifs is 1. The summed E-state index contributed by atoms with van der Waals surface area (Å²) in [5.74, 6) is -0.431. The molecule has 0 aliphatic rings. The van der Waals surface area contributed by atoms with Gasteiger partial charge in [-0.2, -0.15) is 0 Å². The van der Waals surface area contributed by atoms with Crippen LogP contribution in [-0.4, -0.2) is 56.2 Å². The van der Waals surface area contributed by atoms with E-state index in [2.05, 4.69) is 5.32 Å². The lowest BCUT2D eigenvalue weighted by Crippen LogP contribution is -2.44. The number of non-ortho nitro benzene ring substituents is 1. The standard InChI is InChI=1S/C21H23N5O6.ClH/c1-23(13-19(28)22-14-6-5-7-15(10-14)26(31)32)11-16(27)12-25-20(29)17-8-3-4-9-18(17)24(2)21(25)30;/h3-10,16,27H,11-13H2,1-2H3,(H,22,28);1H. The Labute approximate surface area is 194 Å². The number of carbonyl (C=O) groups is 1. The van der Waals surface area contributed by atoms with Gasteiger partial charge in [-0.25, -0.2) is 4.79 Å². The van der Waals surface area contributed by atoms with Crippen molar-refractivity contribution >= 4 is 40.6 Å². The first kappa shape index (κ1) is 25.7. The summed E-state index contributed by atoms with van der Waals surface area (Å²) in [6, 6.07) is 12.3. The van der Waals surface area contributed by atoms with E-state index >= 15 is 0 Å². The van der Waals surface area contributed by atoms with Crippen molar-refractivity contribution in [3.8, 4) is 0 Å². The second-order valence-corrected chi connectivity index (χ2v) is 7.48. The summed E-state index contributed by atoms with van der Waals surface area (Å²) in [6.45, 7) is -0.317. The molecule has 1 atom stereocenters. The Morgan fingerprint density at radius 3 is 2.61 bits per heavy atom. The number of benzene rings is 2. The van der Waals surface area contributed by atoms with Crippen LogP contribution < -0.4 is 16.6 Å². The molecule has 0 aliphatic heterocycles. The van der Waals surface area contributed by atoms with E-state index in [1.807, 2.05) is 0 Å². The molecule has 0 saturated heterocycles. The summed E-state index contributed by atoms with van der Waals surface area (Å²) in [5, 5.41) is 24.2. The van der Waals surface area contributed by atoms with Crippen molar-refractivity contribution in [2.24, 2.45) is 7.05 Å². The van der Waals surface area contributed by atoms with Crippen LogP contribution in [-0.2, 0) is 18.4 Å². The topological polar surface area (TPSA) is 140 Å². The molecule has 0 saturated carbocycles. The molecule has 2 N–H and O–H groups in total. The van der Waals surface area contributed by atoms with Crippen LogP contribution in [0.15, 0.2) is 58.1 Å². The van der Waals surface area contributed by atoms with Crippen molar-refractivity contribution in [3.05, 3.63) is 79.5 Å². The lowest BCUT2D eigenvalue weighted by molar-refractivity contribution is -0.384. The molecule has 1 unspecified atom stereocenters. The minimum Gasteiger partial charge on any atom is -0.390 e. The van der Waals surface area contributed by atoms with E-state index in [0.29, 0.717) is 10.9 Å². The molecule has 176 valence electrons. The van der Waals surface area contributed by atoms with Gasteiger partial charge in [0.05, 0.1) is 35.0 Å². The molecule has 1 aromatic heterocycles. The Hall–Kier alpha value is -3.54. The van der Waals surface area contributed by atoms with Crippen molar-refractivity contribution in [1.29, 1.82) is 0 Å². The van der Waals surface area contributed by atoms with E-state index in [4.69, 9.17) is 0 Å². The third-order valence-electron chi connectivity index (χ3n) is 4.93. The van der Waals surface area contributed by atoms with Crippen LogP contribution in [0.1, 0.15) is 0 Å². The molecule has 0 aliphatic carbocycles. The quantitative estimate of drug-likeness (QED) is 0.363. The van der Waals surface area contributed by atoms with Crippen molar-refractivity contribution in [3.63, 3.8) is 0 Å². The second-order valence-electron chi connectivity index (χ2n) is 7.48. The first-order valence-electron chi connectivity index (χ1n) is 9.77. The fraction of sp³-hybridized carbons (Fsp3) is 0.286. The fourth-order valence-electron chi connectivity index (χ4n) is 3.46. The summed E-state index contributed by atoms with van der Waals surface area (Å²) in [6.07, 6.45) is -1.09. The molecule has 1 heterocycles. The number of para-hydroxylation sites is 1. The maximum absolute atomic E-state index is 12.7. The van der Waals surface area contributed by atoms with Crippen LogP contribution in [0, 0.1) is 10.1 Å². The second kappa shape index (κ2) is 10.9. The zero-order valence-electron chi connectivity index (χ0n) is 18.0. The number of aliphatic hydroxyl groups excluding tert-OH is 1. The van der Waals surface area contributed by atoms with Gasteiger partial charge < -0.3 is 10.4 Å². The Morgan fingerprint density at radius 1 is 1.21 bits per heavy atom. The summed E-state index contributed by atoms with van der Waals surface area (Å²) in [5.41, 5.74) is -0.394. The first-order chi connectivity index (χ1) is 15.2. The van der Waals surface area contributed by atoms with Gasteiger partial charge in [0.25, 0.3) is 11.2 Å². The molecular formula is C21H24ClN5O6. The first-order valence-corrected chi connectivity index (χ1v) is 9.77. The molecule has 0 fully saturated rings. The largest absolute Gasteiger partial charge is 0.390 e. The summed E-state index contributed by atoms with van der Waals surface area (Å²) in [4.78, 5) is 49.3. The van der Waals surface area contributed by atoms with Gasteiger partial charge in [0, 0.05) is 31.4 Å². The molecule has 1 amide bonds. The predicted molar refractivity (Wildman–Crippen MR) is 126 cm³/mol. The van der Waals surface area contributed by atoms with Gasteiger partial charge in [0.2, 0.25) is 5.91 Å². The maximum atomic E-state index is 12.7. The number of anilines is 1. The molecule has 12 heteroatoms. The molecule has 33 heavy (non-hydrogen) atoms.